The van der Waals surface area contributed by atoms with Gasteiger partial charge in [-0.05, 0) is 36.4 Å². The Labute approximate surface area is 172 Å². The van der Waals surface area contributed by atoms with Crippen molar-refractivity contribution in [2.24, 2.45) is 0 Å². The SMILES string of the molecule is COc1ccccc1N1CCN(C2CC(=O)N(c3ccc(Br)cc3)C2=O)CC1. The van der Waals surface area contributed by atoms with Gasteiger partial charge in [0.25, 0.3) is 5.91 Å². The highest BCUT2D eigenvalue weighted by molar-refractivity contribution is 9.10. The largest absolute Gasteiger partial charge is 0.495 e. The minimum absolute atomic E-state index is 0.127. The van der Waals surface area contributed by atoms with E-state index >= 15 is 0 Å². The molecule has 28 heavy (non-hydrogen) atoms. The van der Waals surface area contributed by atoms with Gasteiger partial charge in [0.1, 0.15) is 5.75 Å². The average Bonchev–Trinajstić information content (AvgIpc) is 3.03. The summed E-state index contributed by atoms with van der Waals surface area (Å²) in [5, 5.41) is 0. The highest BCUT2D eigenvalue weighted by Gasteiger charge is 2.43. The van der Waals surface area contributed by atoms with Gasteiger partial charge in [0.05, 0.1) is 30.9 Å². The Bertz CT molecular complexity index is 879. The zero-order valence-electron chi connectivity index (χ0n) is 15.7. The third-order valence-electron chi connectivity index (χ3n) is 5.39. The van der Waals surface area contributed by atoms with E-state index in [9.17, 15) is 9.59 Å². The second kappa shape index (κ2) is 7.93. The van der Waals surface area contributed by atoms with E-state index in [4.69, 9.17) is 4.74 Å². The van der Waals surface area contributed by atoms with E-state index in [0.29, 0.717) is 5.69 Å². The molecule has 0 N–H and O–H groups in total. The van der Waals surface area contributed by atoms with Crippen molar-refractivity contribution < 1.29 is 14.3 Å². The molecular formula is C21H22BrN3O3. The number of hydrogen-bond acceptors (Lipinski definition) is 5. The van der Waals surface area contributed by atoms with Crippen molar-refractivity contribution in [3.8, 4) is 5.75 Å². The predicted molar refractivity (Wildman–Crippen MR) is 112 cm³/mol. The first-order valence-corrected chi connectivity index (χ1v) is 10.1. The predicted octanol–water partition coefficient (Wildman–Crippen LogP) is 2.91. The number of anilines is 2. The van der Waals surface area contributed by atoms with Crippen molar-refractivity contribution in [1.82, 2.24) is 4.90 Å². The number of rotatable bonds is 4. The number of hydrogen-bond donors (Lipinski definition) is 0. The van der Waals surface area contributed by atoms with Crippen molar-refractivity contribution in [3.63, 3.8) is 0 Å². The molecule has 0 saturated carbocycles. The van der Waals surface area contributed by atoms with Crippen molar-refractivity contribution in [2.75, 3.05) is 43.1 Å². The first-order valence-electron chi connectivity index (χ1n) is 9.33. The smallest absolute Gasteiger partial charge is 0.251 e. The molecule has 2 amide bonds. The van der Waals surface area contributed by atoms with Gasteiger partial charge in [0.2, 0.25) is 5.91 Å². The summed E-state index contributed by atoms with van der Waals surface area (Å²) in [5.41, 5.74) is 1.70. The molecule has 2 fully saturated rings. The Hall–Kier alpha value is -2.38. The lowest BCUT2D eigenvalue weighted by Gasteiger charge is -2.38. The minimum atomic E-state index is -0.379. The molecular weight excluding hydrogens is 422 g/mol. The van der Waals surface area contributed by atoms with E-state index in [-0.39, 0.29) is 24.3 Å². The number of imide groups is 1. The number of para-hydroxylation sites is 2. The van der Waals surface area contributed by atoms with Gasteiger partial charge in [0.15, 0.2) is 0 Å². The van der Waals surface area contributed by atoms with Crippen LogP contribution in [0.1, 0.15) is 6.42 Å². The normalized spacial score (nSPS) is 20.7. The van der Waals surface area contributed by atoms with Crippen LogP contribution in [0.25, 0.3) is 0 Å². The summed E-state index contributed by atoms with van der Waals surface area (Å²) < 4.78 is 6.38. The Balaban J connectivity index is 1.44. The van der Waals surface area contributed by atoms with Crippen LogP contribution < -0.4 is 14.5 Å². The summed E-state index contributed by atoms with van der Waals surface area (Å²) in [7, 11) is 1.68. The minimum Gasteiger partial charge on any atom is -0.495 e. The Morgan fingerprint density at radius 2 is 1.64 bits per heavy atom. The van der Waals surface area contributed by atoms with Crippen LogP contribution in [0.3, 0.4) is 0 Å². The van der Waals surface area contributed by atoms with Gasteiger partial charge < -0.3 is 9.64 Å². The molecule has 2 heterocycles. The Kier molecular flexibility index (Phi) is 5.37. The van der Waals surface area contributed by atoms with Crippen molar-refractivity contribution in [2.45, 2.75) is 12.5 Å². The van der Waals surface area contributed by atoms with Crippen LogP contribution in [-0.4, -0.2) is 56.0 Å². The maximum atomic E-state index is 13.0. The fourth-order valence-corrected chi connectivity index (χ4v) is 4.19. The number of carbonyl (C=O) groups is 2. The zero-order valence-corrected chi connectivity index (χ0v) is 17.3. The number of amides is 2. The monoisotopic (exact) mass is 443 g/mol. The fraction of sp³-hybridized carbons (Fsp3) is 0.333. The molecule has 0 aromatic heterocycles. The lowest BCUT2D eigenvalue weighted by molar-refractivity contribution is -0.123. The van der Waals surface area contributed by atoms with E-state index in [1.807, 2.05) is 36.4 Å². The van der Waals surface area contributed by atoms with Crippen LogP contribution in [0, 0.1) is 0 Å². The third-order valence-corrected chi connectivity index (χ3v) is 5.92. The average molecular weight is 444 g/mol. The van der Waals surface area contributed by atoms with Gasteiger partial charge in [-0.1, -0.05) is 28.1 Å². The first kappa shape index (κ1) is 19.0. The maximum absolute atomic E-state index is 13.0. The van der Waals surface area contributed by atoms with Crippen LogP contribution in [0.15, 0.2) is 53.0 Å². The van der Waals surface area contributed by atoms with E-state index in [2.05, 4.69) is 25.7 Å². The van der Waals surface area contributed by atoms with Crippen molar-refractivity contribution >= 4 is 39.1 Å². The quantitative estimate of drug-likeness (QED) is 0.679. The molecule has 2 aromatic carbocycles. The lowest BCUT2D eigenvalue weighted by atomic mass is 10.1. The van der Waals surface area contributed by atoms with Crippen molar-refractivity contribution in [3.05, 3.63) is 53.0 Å². The molecule has 1 atom stereocenters. The van der Waals surface area contributed by atoms with Gasteiger partial charge in [0, 0.05) is 30.7 Å². The number of methoxy groups -OCH3 is 1. The zero-order chi connectivity index (χ0) is 19.7. The molecule has 146 valence electrons. The van der Waals surface area contributed by atoms with E-state index < -0.39 is 0 Å². The number of ether oxygens (including phenoxy) is 1. The molecule has 2 aliphatic heterocycles. The summed E-state index contributed by atoms with van der Waals surface area (Å²) in [6, 6.07) is 14.9. The van der Waals surface area contributed by atoms with Crippen LogP contribution >= 0.6 is 15.9 Å². The molecule has 2 saturated heterocycles. The first-order chi connectivity index (χ1) is 13.6. The number of halogens is 1. The number of benzene rings is 2. The van der Waals surface area contributed by atoms with Crippen LogP contribution in [0.5, 0.6) is 5.75 Å². The van der Waals surface area contributed by atoms with E-state index in [1.165, 1.54) is 4.90 Å². The van der Waals surface area contributed by atoms with E-state index in [1.54, 1.807) is 19.2 Å². The molecule has 0 radical (unpaired) electrons. The molecule has 0 bridgehead atoms. The topological polar surface area (TPSA) is 53.1 Å². The van der Waals surface area contributed by atoms with Gasteiger partial charge in [-0.3, -0.25) is 14.5 Å². The van der Waals surface area contributed by atoms with Gasteiger partial charge in [-0.25, -0.2) is 4.90 Å². The molecule has 1 unspecified atom stereocenters. The molecule has 7 heteroatoms. The Morgan fingerprint density at radius 3 is 2.32 bits per heavy atom. The highest BCUT2D eigenvalue weighted by atomic mass is 79.9. The third kappa shape index (κ3) is 3.52. The van der Waals surface area contributed by atoms with Gasteiger partial charge in [-0.2, -0.15) is 0 Å². The van der Waals surface area contributed by atoms with E-state index in [0.717, 1.165) is 42.1 Å². The number of carbonyl (C=O) groups excluding carboxylic acids is 2. The highest BCUT2D eigenvalue weighted by Crippen LogP contribution is 2.31. The summed E-state index contributed by atoms with van der Waals surface area (Å²) in [6.45, 7) is 3.04. The number of piperazine rings is 1. The Morgan fingerprint density at radius 1 is 0.964 bits per heavy atom. The summed E-state index contributed by atoms with van der Waals surface area (Å²) in [6.07, 6.45) is 0.240. The van der Waals surface area contributed by atoms with Gasteiger partial charge >= 0.3 is 0 Å². The fourth-order valence-electron chi connectivity index (χ4n) is 3.93. The van der Waals surface area contributed by atoms with Crippen molar-refractivity contribution in [1.29, 1.82) is 0 Å². The molecule has 2 aromatic rings. The molecule has 2 aliphatic rings. The summed E-state index contributed by atoms with van der Waals surface area (Å²) >= 11 is 3.38. The number of nitrogens with zero attached hydrogens (tertiary/aromatic N) is 3. The van der Waals surface area contributed by atoms with Crippen LogP contribution in [-0.2, 0) is 9.59 Å². The molecule has 0 spiro atoms. The lowest BCUT2D eigenvalue weighted by Crippen LogP contribution is -2.52. The summed E-state index contributed by atoms with van der Waals surface area (Å²) in [5.74, 6) is 0.590. The molecule has 4 rings (SSSR count). The molecule has 0 aliphatic carbocycles. The summed E-state index contributed by atoms with van der Waals surface area (Å²) in [4.78, 5) is 31.2. The van der Waals surface area contributed by atoms with Gasteiger partial charge in [-0.15, -0.1) is 0 Å². The van der Waals surface area contributed by atoms with Crippen LogP contribution in [0.2, 0.25) is 0 Å². The van der Waals surface area contributed by atoms with Crippen LogP contribution in [0.4, 0.5) is 11.4 Å². The standard InChI is InChI=1S/C21H22BrN3O3/c1-28-19-5-3-2-4-17(19)23-10-12-24(13-11-23)18-14-20(26)25(21(18)27)16-8-6-15(22)7-9-16/h2-9,18H,10-14H2,1H3. The molecule has 6 nitrogen and oxygen atoms in total. The second-order valence-corrected chi connectivity index (χ2v) is 7.87. The maximum Gasteiger partial charge on any atom is 0.251 e. The second-order valence-electron chi connectivity index (χ2n) is 6.96.